The Balaban J connectivity index is 1.37. The Kier molecular flexibility index (Phi) is 5.03. The molecule has 3 heterocycles. The van der Waals surface area contributed by atoms with E-state index >= 15 is 0 Å². The van der Waals surface area contributed by atoms with E-state index in [0.29, 0.717) is 23.7 Å². The van der Waals surface area contributed by atoms with Gasteiger partial charge in [-0.3, -0.25) is 19.9 Å². The third-order valence-corrected chi connectivity index (χ3v) is 5.38. The van der Waals surface area contributed by atoms with Gasteiger partial charge in [-0.25, -0.2) is 4.98 Å². The van der Waals surface area contributed by atoms with Crippen molar-refractivity contribution in [1.82, 2.24) is 9.97 Å². The summed E-state index contributed by atoms with van der Waals surface area (Å²) < 4.78 is 5.59. The summed E-state index contributed by atoms with van der Waals surface area (Å²) in [6, 6.07) is 11.1. The molecule has 0 spiro atoms. The van der Waals surface area contributed by atoms with Gasteiger partial charge in [-0.05, 0) is 49.2 Å². The monoisotopic (exact) mass is 394 g/mol. The Morgan fingerprint density at radius 3 is 3.00 bits per heavy atom. The van der Waals surface area contributed by atoms with Crippen LogP contribution in [0.2, 0.25) is 0 Å². The van der Waals surface area contributed by atoms with Gasteiger partial charge in [0.1, 0.15) is 5.75 Å². The lowest BCUT2D eigenvalue weighted by atomic mass is 10.0. The first kappa shape index (κ1) is 18.1. The van der Waals surface area contributed by atoms with Crippen molar-refractivity contribution in [2.75, 3.05) is 17.2 Å². The van der Waals surface area contributed by atoms with Crippen LogP contribution in [-0.2, 0) is 16.0 Å². The standard InChI is InChI=1S/C20H18N4O3S/c1-12-19(16-4-2-3-9-21-16)28-20(22-12)24-18(26)11-27-14-6-7-15-13(10-14)5-8-17(25)23-15/h2-4,6-7,9-10H,5,8,11H2,1H3,(H,23,25)(H,22,24,26). The van der Waals surface area contributed by atoms with Crippen LogP contribution in [0.3, 0.4) is 0 Å². The summed E-state index contributed by atoms with van der Waals surface area (Å²) in [6.07, 6.45) is 2.85. The number of anilines is 2. The fourth-order valence-corrected chi connectivity index (χ4v) is 3.90. The van der Waals surface area contributed by atoms with Crippen LogP contribution in [0.1, 0.15) is 17.7 Å². The van der Waals surface area contributed by atoms with Gasteiger partial charge in [-0.15, -0.1) is 0 Å². The van der Waals surface area contributed by atoms with Crippen LogP contribution >= 0.6 is 11.3 Å². The number of nitrogens with zero attached hydrogens (tertiary/aromatic N) is 2. The zero-order valence-electron chi connectivity index (χ0n) is 15.2. The number of aromatic nitrogens is 2. The van der Waals surface area contributed by atoms with Crippen LogP contribution in [0.15, 0.2) is 42.6 Å². The van der Waals surface area contributed by atoms with E-state index in [-0.39, 0.29) is 18.4 Å². The second kappa shape index (κ2) is 7.77. The third-order valence-electron chi connectivity index (χ3n) is 4.28. The number of carbonyl (C=O) groups is 2. The van der Waals surface area contributed by atoms with Crippen molar-refractivity contribution in [3.8, 4) is 16.3 Å². The summed E-state index contributed by atoms with van der Waals surface area (Å²) in [5.41, 5.74) is 3.45. The first-order valence-corrected chi connectivity index (χ1v) is 9.64. The number of thiazole rings is 1. The number of ether oxygens (including phenoxy) is 1. The smallest absolute Gasteiger partial charge is 0.264 e. The van der Waals surface area contributed by atoms with Crippen molar-refractivity contribution in [3.05, 3.63) is 53.9 Å². The average Bonchev–Trinajstić information content (AvgIpc) is 3.07. The molecule has 2 aromatic heterocycles. The molecule has 4 rings (SSSR count). The molecule has 0 unspecified atom stereocenters. The summed E-state index contributed by atoms with van der Waals surface area (Å²) in [7, 11) is 0. The molecule has 142 valence electrons. The Labute approximate surface area is 165 Å². The van der Waals surface area contributed by atoms with E-state index in [1.165, 1.54) is 11.3 Å². The molecule has 28 heavy (non-hydrogen) atoms. The van der Waals surface area contributed by atoms with Gasteiger partial charge in [0.25, 0.3) is 5.91 Å². The Bertz CT molecular complexity index is 1030. The third kappa shape index (κ3) is 4.01. The van der Waals surface area contributed by atoms with Crippen molar-refractivity contribution in [3.63, 3.8) is 0 Å². The zero-order chi connectivity index (χ0) is 19.5. The van der Waals surface area contributed by atoms with Crippen molar-refractivity contribution in [2.24, 2.45) is 0 Å². The lowest BCUT2D eigenvalue weighted by Gasteiger charge is -2.17. The van der Waals surface area contributed by atoms with Crippen LogP contribution in [0.25, 0.3) is 10.6 Å². The van der Waals surface area contributed by atoms with E-state index < -0.39 is 0 Å². The first-order chi connectivity index (χ1) is 13.6. The van der Waals surface area contributed by atoms with Crippen LogP contribution < -0.4 is 15.4 Å². The maximum atomic E-state index is 12.2. The van der Waals surface area contributed by atoms with Crippen molar-refractivity contribution < 1.29 is 14.3 Å². The molecule has 0 fully saturated rings. The van der Waals surface area contributed by atoms with E-state index in [4.69, 9.17) is 4.74 Å². The molecule has 0 atom stereocenters. The molecule has 3 aromatic rings. The van der Waals surface area contributed by atoms with Crippen LogP contribution in [0.5, 0.6) is 5.75 Å². The molecule has 0 aliphatic carbocycles. The summed E-state index contributed by atoms with van der Waals surface area (Å²) in [5.74, 6) is 0.325. The lowest BCUT2D eigenvalue weighted by molar-refractivity contribution is -0.118. The van der Waals surface area contributed by atoms with E-state index in [1.54, 1.807) is 18.3 Å². The largest absolute Gasteiger partial charge is 0.484 e. The molecule has 1 aromatic carbocycles. The molecular formula is C20H18N4O3S. The predicted octanol–water partition coefficient (Wildman–Crippen LogP) is 3.42. The molecule has 2 N–H and O–H groups in total. The van der Waals surface area contributed by atoms with Crippen molar-refractivity contribution in [1.29, 1.82) is 0 Å². The Morgan fingerprint density at radius 1 is 1.29 bits per heavy atom. The molecule has 0 saturated heterocycles. The highest BCUT2D eigenvalue weighted by molar-refractivity contribution is 7.19. The zero-order valence-corrected chi connectivity index (χ0v) is 16.0. The van der Waals surface area contributed by atoms with Gasteiger partial charge >= 0.3 is 0 Å². The van der Waals surface area contributed by atoms with Gasteiger partial charge < -0.3 is 10.1 Å². The highest BCUT2D eigenvalue weighted by atomic mass is 32.1. The maximum absolute atomic E-state index is 12.2. The number of rotatable bonds is 5. The molecular weight excluding hydrogens is 376 g/mol. The van der Waals surface area contributed by atoms with Gasteiger partial charge in [-0.1, -0.05) is 17.4 Å². The second-order valence-corrected chi connectivity index (χ2v) is 7.35. The van der Waals surface area contributed by atoms with Gasteiger partial charge in [0.2, 0.25) is 5.91 Å². The van der Waals surface area contributed by atoms with Gasteiger partial charge in [-0.2, -0.15) is 0 Å². The quantitative estimate of drug-likeness (QED) is 0.692. The summed E-state index contributed by atoms with van der Waals surface area (Å²) in [6.45, 7) is 1.77. The summed E-state index contributed by atoms with van der Waals surface area (Å²) in [5, 5.41) is 6.10. The molecule has 0 bridgehead atoms. The fraction of sp³-hybridized carbons (Fsp3) is 0.200. The molecule has 2 amide bonds. The van der Waals surface area contributed by atoms with E-state index in [9.17, 15) is 9.59 Å². The molecule has 1 aliphatic rings. The molecule has 0 saturated carbocycles. The highest BCUT2D eigenvalue weighted by Gasteiger charge is 2.16. The number of hydrogen-bond donors (Lipinski definition) is 2. The Morgan fingerprint density at radius 2 is 2.18 bits per heavy atom. The normalized spacial score (nSPS) is 12.8. The average molecular weight is 394 g/mol. The number of carbonyl (C=O) groups excluding carboxylic acids is 2. The van der Waals surface area contributed by atoms with E-state index in [0.717, 1.165) is 27.5 Å². The fourth-order valence-electron chi connectivity index (χ4n) is 2.94. The highest BCUT2D eigenvalue weighted by Crippen LogP contribution is 2.31. The van der Waals surface area contributed by atoms with Crippen molar-refractivity contribution in [2.45, 2.75) is 19.8 Å². The number of amides is 2. The van der Waals surface area contributed by atoms with Gasteiger partial charge in [0.05, 0.1) is 16.3 Å². The van der Waals surface area contributed by atoms with Crippen LogP contribution in [0, 0.1) is 6.92 Å². The van der Waals surface area contributed by atoms with Gasteiger partial charge in [0, 0.05) is 18.3 Å². The SMILES string of the molecule is Cc1nc(NC(=O)COc2ccc3c(c2)CCC(=O)N3)sc1-c1ccccn1. The predicted molar refractivity (Wildman–Crippen MR) is 108 cm³/mol. The molecule has 0 radical (unpaired) electrons. The van der Waals surface area contributed by atoms with E-state index in [1.807, 2.05) is 31.2 Å². The second-order valence-electron chi connectivity index (χ2n) is 6.35. The number of benzene rings is 1. The van der Waals surface area contributed by atoms with Gasteiger partial charge in [0.15, 0.2) is 11.7 Å². The van der Waals surface area contributed by atoms with Crippen LogP contribution in [-0.4, -0.2) is 28.4 Å². The minimum absolute atomic E-state index is 0.0179. The minimum Gasteiger partial charge on any atom is -0.484 e. The maximum Gasteiger partial charge on any atom is 0.264 e. The number of fused-ring (bicyclic) bond motifs is 1. The van der Waals surface area contributed by atoms with Crippen molar-refractivity contribution >= 4 is 34.0 Å². The summed E-state index contributed by atoms with van der Waals surface area (Å²) in [4.78, 5) is 33.3. The topological polar surface area (TPSA) is 93.2 Å². The first-order valence-electron chi connectivity index (χ1n) is 8.83. The molecule has 8 heteroatoms. The number of pyridine rings is 1. The van der Waals surface area contributed by atoms with E-state index in [2.05, 4.69) is 20.6 Å². The number of nitrogens with one attached hydrogen (secondary N) is 2. The molecule has 7 nitrogen and oxygen atoms in total. The van der Waals surface area contributed by atoms with Crippen LogP contribution in [0.4, 0.5) is 10.8 Å². The number of hydrogen-bond acceptors (Lipinski definition) is 6. The minimum atomic E-state index is -0.285. The Hall–Kier alpha value is -3.26. The summed E-state index contributed by atoms with van der Waals surface area (Å²) >= 11 is 1.38. The lowest BCUT2D eigenvalue weighted by Crippen LogP contribution is -2.21. The number of aryl methyl sites for hydroxylation is 2. The molecule has 1 aliphatic heterocycles.